The van der Waals surface area contributed by atoms with Crippen molar-refractivity contribution in [3.63, 3.8) is 0 Å². The van der Waals surface area contributed by atoms with Crippen molar-refractivity contribution < 1.29 is 24.5 Å². The summed E-state index contributed by atoms with van der Waals surface area (Å²) in [6.07, 6.45) is 0. The molecule has 0 spiro atoms. The van der Waals surface area contributed by atoms with Crippen molar-refractivity contribution >= 4 is 5.97 Å². The minimum atomic E-state index is -1.01. The molecular weight excluding hydrogens is 260 g/mol. The van der Waals surface area contributed by atoms with Gasteiger partial charge in [-0.2, -0.15) is 0 Å². The van der Waals surface area contributed by atoms with Crippen LogP contribution in [0.4, 0.5) is 0 Å². The lowest BCUT2D eigenvalue weighted by Crippen LogP contribution is -2.02. The van der Waals surface area contributed by atoms with Gasteiger partial charge in [-0.1, -0.05) is 12.1 Å². The number of aromatic carboxylic acids is 1. The summed E-state index contributed by atoms with van der Waals surface area (Å²) in [7, 11) is 1.47. The first kappa shape index (κ1) is 13.7. The Hall–Kier alpha value is -2.69. The number of benzene rings is 2. The van der Waals surface area contributed by atoms with Gasteiger partial charge in [-0.3, -0.25) is 0 Å². The van der Waals surface area contributed by atoms with Gasteiger partial charge >= 0.3 is 5.97 Å². The Labute approximate surface area is 116 Å². The number of ether oxygens (including phenoxy) is 2. The average Bonchev–Trinajstić information content (AvgIpc) is 2.45. The van der Waals surface area contributed by atoms with Gasteiger partial charge in [0.25, 0.3) is 0 Å². The summed E-state index contributed by atoms with van der Waals surface area (Å²) in [5.74, 6) is 0.0823. The lowest BCUT2D eigenvalue weighted by atomic mass is 10.1. The molecule has 0 saturated heterocycles. The number of carbonyl (C=O) groups is 1. The molecule has 5 nitrogen and oxygen atoms in total. The van der Waals surface area contributed by atoms with Crippen LogP contribution in [0.25, 0.3) is 0 Å². The minimum absolute atomic E-state index is 0.121. The van der Waals surface area contributed by atoms with Crippen molar-refractivity contribution in [1.82, 2.24) is 0 Å². The number of aromatic hydroxyl groups is 1. The van der Waals surface area contributed by atoms with Crippen molar-refractivity contribution in [2.75, 3.05) is 7.11 Å². The fourth-order valence-electron chi connectivity index (χ4n) is 1.73. The molecule has 0 atom stereocenters. The SMILES string of the molecule is COc1cc(C(=O)O)ccc1COc1cccc(O)c1. The van der Waals surface area contributed by atoms with Crippen molar-refractivity contribution in [1.29, 1.82) is 0 Å². The van der Waals surface area contributed by atoms with E-state index in [0.29, 0.717) is 11.5 Å². The Morgan fingerprint density at radius 2 is 2.00 bits per heavy atom. The monoisotopic (exact) mass is 274 g/mol. The lowest BCUT2D eigenvalue weighted by Gasteiger charge is -2.11. The minimum Gasteiger partial charge on any atom is -0.508 e. The molecule has 0 unspecified atom stereocenters. The van der Waals surface area contributed by atoms with Crippen LogP contribution in [-0.4, -0.2) is 23.3 Å². The second kappa shape index (κ2) is 5.97. The predicted octanol–water partition coefficient (Wildman–Crippen LogP) is 2.68. The van der Waals surface area contributed by atoms with Crippen LogP contribution < -0.4 is 9.47 Å². The lowest BCUT2D eigenvalue weighted by molar-refractivity contribution is 0.0696. The quantitative estimate of drug-likeness (QED) is 0.876. The van der Waals surface area contributed by atoms with E-state index in [1.54, 1.807) is 24.3 Å². The zero-order chi connectivity index (χ0) is 14.5. The number of phenols is 1. The molecule has 0 radical (unpaired) electrons. The average molecular weight is 274 g/mol. The number of rotatable bonds is 5. The fraction of sp³-hybridized carbons (Fsp3) is 0.133. The molecule has 20 heavy (non-hydrogen) atoms. The maximum Gasteiger partial charge on any atom is 0.335 e. The summed E-state index contributed by atoms with van der Waals surface area (Å²) < 4.78 is 10.7. The highest BCUT2D eigenvalue weighted by Gasteiger charge is 2.09. The summed E-state index contributed by atoms with van der Waals surface area (Å²) >= 11 is 0. The summed E-state index contributed by atoms with van der Waals surface area (Å²) in [4.78, 5) is 10.9. The first-order valence-corrected chi connectivity index (χ1v) is 5.92. The van der Waals surface area contributed by atoms with Gasteiger partial charge in [0.2, 0.25) is 0 Å². The highest BCUT2D eigenvalue weighted by Crippen LogP contribution is 2.24. The highest BCUT2D eigenvalue weighted by molar-refractivity contribution is 5.88. The van der Waals surface area contributed by atoms with Gasteiger partial charge in [0.05, 0.1) is 12.7 Å². The van der Waals surface area contributed by atoms with E-state index in [4.69, 9.17) is 14.6 Å². The van der Waals surface area contributed by atoms with Crippen molar-refractivity contribution in [2.45, 2.75) is 6.61 Å². The maximum absolute atomic E-state index is 10.9. The maximum atomic E-state index is 10.9. The zero-order valence-electron chi connectivity index (χ0n) is 10.9. The highest BCUT2D eigenvalue weighted by atomic mass is 16.5. The molecule has 104 valence electrons. The Bertz CT molecular complexity index is 621. The third-order valence-electron chi connectivity index (χ3n) is 2.75. The third kappa shape index (κ3) is 3.20. The van der Waals surface area contributed by atoms with Crippen LogP contribution in [0.15, 0.2) is 42.5 Å². The van der Waals surface area contributed by atoms with E-state index < -0.39 is 5.97 Å². The van der Waals surface area contributed by atoms with Gasteiger partial charge in [0, 0.05) is 11.6 Å². The number of hydrogen-bond donors (Lipinski definition) is 2. The number of carboxylic acids is 1. The first-order chi connectivity index (χ1) is 9.60. The Balaban J connectivity index is 2.15. The van der Waals surface area contributed by atoms with Crippen LogP contribution in [-0.2, 0) is 6.61 Å². The van der Waals surface area contributed by atoms with E-state index in [9.17, 15) is 9.90 Å². The summed E-state index contributed by atoms with van der Waals surface area (Å²) in [6, 6.07) is 11.0. The molecule has 0 aromatic heterocycles. The smallest absolute Gasteiger partial charge is 0.335 e. The van der Waals surface area contributed by atoms with Gasteiger partial charge in [0.15, 0.2) is 0 Å². The number of methoxy groups -OCH3 is 1. The molecule has 2 aromatic rings. The van der Waals surface area contributed by atoms with Crippen molar-refractivity contribution in [3.05, 3.63) is 53.6 Å². The normalized spacial score (nSPS) is 10.1. The summed E-state index contributed by atoms with van der Waals surface area (Å²) in [5.41, 5.74) is 0.879. The Morgan fingerprint density at radius 3 is 2.65 bits per heavy atom. The molecule has 0 saturated carbocycles. The summed E-state index contributed by atoms with van der Waals surface area (Å²) in [6.45, 7) is 0.215. The topological polar surface area (TPSA) is 76.0 Å². The van der Waals surface area contributed by atoms with E-state index in [1.807, 2.05) is 0 Å². The molecule has 2 rings (SSSR count). The number of hydrogen-bond acceptors (Lipinski definition) is 4. The number of carboxylic acid groups (broad SMARTS) is 1. The third-order valence-corrected chi connectivity index (χ3v) is 2.75. The molecule has 5 heteroatoms. The largest absolute Gasteiger partial charge is 0.508 e. The van der Waals surface area contributed by atoms with E-state index in [0.717, 1.165) is 5.56 Å². The van der Waals surface area contributed by atoms with Crippen LogP contribution in [0, 0.1) is 0 Å². The Morgan fingerprint density at radius 1 is 1.20 bits per heavy atom. The molecule has 0 amide bonds. The van der Waals surface area contributed by atoms with E-state index in [1.165, 1.54) is 25.3 Å². The standard InChI is InChI=1S/C15H14O5/c1-19-14-7-10(15(17)18)5-6-11(14)9-20-13-4-2-3-12(16)8-13/h2-8,16H,9H2,1H3,(H,17,18). The Kier molecular flexibility index (Phi) is 4.10. The zero-order valence-corrected chi connectivity index (χ0v) is 10.9. The van der Waals surface area contributed by atoms with Crippen LogP contribution in [0.2, 0.25) is 0 Å². The van der Waals surface area contributed by atoms with E-state index in [-0.39, 0.29) is 17.9 Å². The summed E-state index contributed by atoms with van der Waals surface area (Å²) in [5, 5.41) is 18.3. The van der Waals surface area contributed by atoms with Gasteiger partial charge in [-0.25, -0.2) is 4.79 Å². The molecule has 0 aliphatic rings. The van der Waals surface area contributed by atoms with Crippen LogP contribution in [0.3, 0.4) is 0 Å². The van der Waals surface area contributed by atoms with Crippen LogP contribution in [0.1, 0.15) is 15.9 Å². The van der Waals surface area contributed by atoms with Crippen LogP contribution >= 0.6 is 0 Å². The predicted molar refractivity (Wildman–Crippen MR) is 72.4 cm³/mol. The molecule has 2 aromatic carbocycles. The van der Waals surface area contributed by atoms with E-state index in [2.05, 4.69) is 0 Å². The molecule has 0 bridgehead atoms. The van der Waals surface area contributed by atoms with Gasteiger partial charge < -0.3 is 19.7 Å². The molecule has 0 heterocycles. The molecule has 0 aliphatic carbocycles. The fourth-order valence-corrected chi connectivity index (χ4v) is 1.73. The molecule has 0 fully saturated rings. The molecule has 2 N–H and O–H groups in total. The van der Waals surface area contributed by atoms with Crippen LogP contribution in [0.5, 0.6) is 17.2 Å². The molecular formula is C15H14O5. The van der Waals surface area contributed by atoms with Crippen molar-refractivity contribution in [2.24, 2.45) is 0 Å². The first-order valence-electron chi connectivity index (χ1n) is 5.92. The van der Waals surface area contributed by atoms with E-state index >= 15 is 0 Å². The second-order valence-corrected chi connectivity index (χ2v) is 4.12. The van der Waals surface area contributed by atoms with Gasteiger partial charge in [-0.15, -0.1) is 0 Å². The second-order valence-electron chi connectivity index (χ2n) is 4.12. The number of phenolic OH excluding ortho intramolecular Hbond substituents is 1. The van der Waals surface area contributed by atoms with Gasteiger partial charge in [0.1, 0.15) is 23.9 Å². The van der Waals surface area contributed by atoms with Gasteiger partial charge in [-0.05, 0) is 24.3 Å². The molecule has 0 aliphatic heterocycles. The van der Waals surface area contributed by atoms with Crippen molar-refractivity contribution in [3.8, 4) is 17.2 Å².